The number of aliphatic hydroxyl groups is 2. The molecule has 2 amide bonds. The monoisotopic (exact) mass is 418 g/mol. The van der Waals surface area contributed by atoms with Crippen molar-refractivity contribution in [1.29, 1.82) is 0 Å². The molecule has 2 fully saturated rings. The Morgan fingerprint density at radius 3 is 2.63 bits per heavy atom. The zero-order valence-electron chi connectivity index (χ0n) is 17.7. The number of benzene rings is 1. The van der Waals surface area contributed by atoms with Gasteiger partial charge >= 0.3 is 0 Å². The SMILES string of the molecule is C[C@H](CC(=O)N1CCC(O)(CN2CNC(NCCO)CC2=O)CC1)c1ccccc1. The van der Waals surface area contributed by atoms with Gasteiger partial charge in [-0.2, -0.15) is 0 Å². The van der Waals surface area contributed by atoms with Gasteiger partial charge in [0.15, 0.2) is 0 Å². The molecule has 30 heavy (non-hydrogen) atoms. The zero-order valence-corrected chi connectivity index (χ0v) is 17.7. The minimum Gasteiger partial charge on any atom is -0.395 e. The molecule has 0 aliphatic carbocycles. The summed E-state index contributed by atoms with van der Waals surface area (Å²) >= 11 is 0. The Kier molecular flexibility index (Phi) is 7.82. The van der Waals surface area contributed by atoms with Crippen LogP contribution in [0.15, 0.2) is 30.3 Å². The zero-order chi connectivity index (χ0) is 21.6. The Bertz CT molecular complexity index is 706. The van der Waals surface area contributed by atoms with Gasteiger partial charge in [0, 0.05) is 26.1 Å². The first-order chi connectivity index (χ1) is 14.4. The second-order valence-electron chi connectivity index (χ2n) is 8.51. The maximum Gasteiger partial charge on any atom is 0.226 e. The van der Waals surface area contributed by atoms with Crippen molar-refractivity contribution in [2.45, 2.75) is 50.3 Å². The first-order valence-electron chi connectivity index (χ1n) is 10.8. The third-order valence-corrected chi connectivity index (χ3v) is 6.14. The molecule has 2 saturated heterocycles. The number of hydrogen-bond donors (Lipinski definition) is 4. The second kappa shape index (κ2) is 10.3. The predicted molar refractivity (Wildman–Crippen MR) is 113 cm³/mol. The number of hydrogen-bond acceptors (Lipinski definition) is 6. The van der Waals surface area contributed by atoms with Crippen molar-refractivity contribution in [3.05, 3.63) is 35.9 Å². The molecular weight excluding hydrogens is 384 g/mol. The van der Waals surface area contributed by atoms with Crippen molar-refractivity contribution < 1.29 is 19.8 Å². The summed E-state index contributed by atoms with van der Waals surface area (Å²) in [6, 6.07) is 10.0. The lowest BCUT2D eigenvalue weighted by Gasteiger charge is -2.43. The number of β-amino-alcohol motifs (C(OH)–C–C–N with tert-alkyl or cyclic N) is 1. The van der Waals surface area contributed by atoms with Crippen molar-refractivity contribution >= 4 is 11.8 Å². The van der Waals surface area contributed by atoms with Crippen LogP contribution in [0.1, 0.15) is 44.1 Å². The van der Waals surface area contributed by atoms with Gasteiger partial charge in [-0.1, -0.05) is 37.3 Å². The highest BCUT2D eigenvalue weighted by atomic mass is 16.3. The van der Waals surface area contributed by atoms with E-state index in [1.165, 1.54) is 0 Å². The molecular formula is C22H34N4O4. The van der Waals surface area contributed by atoms with Crippen LogP contribution in [0.2, 0.25) is 0 Å². The lowest BCUT2D eigenvalue weighted by Crippen LogP contribution is -2.60. The third-order valence-electron chi connectivity index (χ3n) is 6.14. The fourth-order valence-corrected chi connectivity index (χ4v) is 4.19. The smallest absolute Gasteiger partial charge is 0.226 e. The van der Waals surface area contributed by atoms with Gasteiger partial charge in [0.1, 0.15) is 0 Å². The van der Waals surface area contributed by atoms with Crippen molar-refractivity contribution in [2.75, 3.05) is 39.5 Å². The Morgan fingerprint density at radius 1 is 1.30 bits per heavy atom. The average molecular weight is 419 g/mol. The van der Waals surface area contributed by atoms with E-state index in [0.717, 1.165) is 5.56 Å². The molecule has 2 atom stereocenters. The van der Waals surface area contributed by atoms with Crippen LogP contribution in [-0.4, -0.2) is 83.0 Å². The molecule has 4 N–H and O–H groups in total. The first-order valence-corrected chi connectivity index (χ1v) is 10.8. The highest BCUT2D eigenvalue weighted by molar-refractivity contribution is 5.78. The van der Waals surface area contributed by atoms with E-state index in [1.807, 2.05) is 35.2 Å². The molecule has 8 heteroatoms. The van der Waals surface area contributed by atoms with Gasteiger partial charge in [0.2, 0.25) is 11.8 Å². The molecule has 0 bridgehead atoms. The second-order valence-corrected chi connectivity index (χ2v) is 8.51. The van der Waals surface area contributed by atoms with Gasteiger partial charge in [-0.15, -0.1) is 0 Å². The summed E-state index contributed by atoms with van der Waals surface area (Å²) in [5.74, 6) is 0.249. The molecule has 0 aromatic heterocycles. The molecule has 0 saturated carbocycles. The van der Waals surface area contributed by atoms with Crippen LogP contribution in [0.25, 0.3) is 0 Å². The number of nitrogens with one attached hydrogen (secondary N) is 2. The Labute approximate surface area is 178 Å². The Morgan fingerprint density at radius 2 is 2.00 bits per heavy atom. The van der Waals surface area contributed by atoms with Crippen LogP contribution in [0, 0.1) is 0 Å². The number of nitrogens with zero attached hydrogens (tertiary/aromatic N) is 2. The standard InChI is InChI=1S/C22H34N4O4/c1-17(18-5-3-2-4-6-18)13-20(28)25-10-7-22(30,8-11-25)15-26-16-24-19(14-21(26)29)23-9-12-27/h2-6,17,19,23-24,27,30H,7-16H2,1H3/t17-,19?/m1/s1. The fraction of sp³-hybridized carbons (Fsp3) is 0.636. The lowest BCUT2D eigenvalue weighted by atomic mass is 9.89. The Balaban J connectivity index is 1.45. The van der Waals surface area contributed by atoms with Crippen LogP contribution in [0.3, 0.4) is 0 Å². The number of carbonyl (C=O) groups excluding carboxylic acids is 2. The molecule has 2 aliphatic heterocycles. The van der Waals surface area contributed by atoms with Crippen LogP contribution in [0.5, 0.6) is 0 Å². The predicted octanol–water partition coefficient (Wildman–Crippen LogP) is 0.221. The molecule has 166 valence electrons. The van der Waals surface area contributed by atoms with Crippen LogP contribution >= 0.6 is 0 Å². The number of carbonyl (C=O) groups is 2. The molecule has 2 aliphatic rings. The topological polar surface area (TPSA) is 105 Å². The largest absolute Gasteiger partial charge is 0.395 e. The fourth-order valence-electron chi connectivity index (χ4n) is 4.19. The summed E-state index contributed by atoms with van der Waals surface area (Å²) in [5, 5.41) is 26.2. The van der Waals surface area contributed by atoms with E-state index in [2.05, 4.69) is 17.6 Å². The summed E-state index contributed by atoms with van der Waals surface area (Å²) in [6.07, 6.45) is 1.53. The van der Waals surface area contributed by atoms with Crippen molar-refractivity contribution in [1.82, 2.24) is 20.4 Å². The summed E-state index contributed by atoms with van der Waals surface area (Å²) in [7, 11) is 0. The normalized spacial score (nSPS) is 22.8. The summed E-state index contributed by atoms with van der Waals surface area (Å²) in [4.78, 5) is 28.6. The minimum absolute atomic E-state index is 0.0205. The highest BCUT2D eigenvalue weighted by Crippen LogP contribution is 2.26. The minimum atomic E-state index is -0.968. The molecule has 3 rings (SSSR count). The summed E-state index contributed by atoms with van der Waals surface area (Å²) in [6.45, 7) is 4.16. The van der Waals surface area contributed by atoms with E-state index >= 15 is 0 Å². The maximum atomic E-state index is 12.7. The van der Waals surface area contributed by atoms with E-state index in [4.69, 9.17) is 5.11 Å². The average Bonchev–Trinajstić information content (AvgIpc) is 2.75. The Hall–Kier alpha value is -2.00. The van der Waals surface area contributed by atoms with Crippen LogP contribution in [-0.2, 0) is 9.59 Å². The molecule has 1 unspecified atom stereocenters. The summed E-state index contributed by atoms with van der Waals surface area (Å²) < 4.78 is 0. The van der Waals surface area contributed by atoms with E-state index < -0.39 is 5.60 Å². The number of amides is 2. The van der Waals surface area contributed by atoms with Crippen LogP contribution < -0.4 is 10.6 Å². The summed E-state index contributed by atoms with van der Waals surface area (Å²) in [5.41, 5.74) is 0.187. The lowest BCUT2D eigenvalue weighted by molar-refractivity contribution is -0.145. The maximum absolute atomic E-state index is 12.7. The van der Waals surface area contributed by atoms with Gasteiger partial charge < -0.3 is 20.0 Å². The number of rotatable bonds is 8. The highest BCUT2D eigenvalue weighted by Gasteiger charge is 2.38. The van der Waals surface area contributed by atoms with E-state index in [9.17, 15) is 14.7 Å². The quantitative estimate of drug-likeness (QED) is 0.482. The number of aliphatic hydroxyl groups excluding tert-OH is 1. The van der Waals surface area contributed by atoms with Gasteiger partial charge in [0.25, 0.3) is 0 Å². The van der Waals surface area contributed by atoms with Crippen molar-refractivity contribution in [3.8, 4) is 0 Å². The van der Waals surface area contributed by atoms with Gasteiger partial charge in [0.05, 0.1) is 38.0 Å². The van der Waals surface area contributed by atoms with E-state index in [0.29, 0.717) is 45.6 Å². The van der Waals surface area contributed by atoms with Gasteiger partial charge in [-0.3, -0.25) is 20.2 Å². The van der Waals surface area contributed by atoms with E-state index in [1.54, 1.807) is 4.90 Å². The first kappa shape index (κ1) is 22.7. The van der Waals surface area contributed by atoms with Crippen molar-refractivity contribution in [2.24, 2.45) is 0 Å². The molecule has 2 heterocycles. The third kappa shape index (κ3) is 6.01. The van der Waals surface area contributed by atoms with Gasteiger partial charge in [-0.25, -0.2) is 0 Å². The molecule has 0 spiro atoms. The molecule has 1 aromatic carbocycles. The number of likely N-dealkylation sites (tertiary alicyclic amines) is 1. The molecule has 0 radical (unpaired) electrons. The van der Waals surface area contributed by atoms with Crippen LogP contribution in [0.4, 0.5) is 0 Å². The molecule has 8 nitrogen and oxygen atoms in total. The molecule has 1 aromatic rings. The van der Waals surface area contributed by atoms with E-state index in [-0.39, 0.29) is 43.5 Å². The number of piperidine rings is 1. The van der Waals surface area contributed by atoms with Crippen molar-refractivity contribution in [3.63, 3.8) is 0 Å². The van der Waals surface area contributed by atoms with Gasteiger partial charge in [-0.05, 0) is 24.3 Å².